The number of benzene rings is 21. The van der Waals surface area contributed by atoms with Gasteiger partial charge in [-0.25, -0.2) is 29.9 Å². The molecule has 0 bridgehead atoms. The van der Waals surface area contributed by atoms with Gasteiger partial charge in [0.25, 0.3) is 0 Å². The summed E-state index contributed by atoms with van der Waals surface area (Å²) < 4.78 is 19.4. The van der Waals surface area contributed by atoms with Gasteiger partial charge in [0.1, 0.15) is 0 Å². The topological polar surface area (TPSA) is 112 Å². The summed E-state index contributed by atoms with van der Waals surface area (Å²) in [6.45, 7) is 0. The third kappa shape index (κ3) is 13.1. The van der Waals surface area contributed by atoms with Crippen LogP contribution in [0, 0.1) is 0 Å². The van der Waals surface area contributed by atoms with Crippen LogP contribution in [0.1, 0.15) is 0 Å². The molecular formula is C132H81N13S. The summed E-state index contributed by atoms with van der Waals surface area (Å²) in [5, 5.41) is 19.5. The van der Waals surface area contributed by atoms with Gasteiger partial charge in [0, 0.05) is 169 Å². The molecule has 0 saturated carbocycles. The number of nitrogens with zero attached hydrogens (tertiary/aromatic N) is 13. The SMILES string of the molecule is c1ccc(-c2nc(-c3ccccc3)nc(-c3ccc(-n4c5ccccc5c5cc(-n6c7ccc(-n8c9ccccc9c9ccccc98)cc7c7cc(-n8c9ccccc9c9ccccc98)ccc76)ccc54)cc3)n2)cc1.c1ccc(-c2nc(-c3ccccc3)nc(-c3ccc4sc5ccc(-n6c7ccccc7c7cc(-n8c9ccccc9c9cc(-n%10c%11ccccc%11c%11ccccc%11%10)ccc98)ccc76)cc5c4c3)n2)cc1. The highest BCUT2D eigenvalue weighted by atomic mass is 32.1. The average molecular weight is 1880 g/mol. The molecule has 0 aliphatic carbocycles. The maximum atomic E-state index is 5.06. The van der Waals surface area contributed by atoms with E-state index in [9.17, 15) is 0 Å². The van der Waals surface area contributed by atoms with Crippen LogP contribution in [0.15, 0.2) is 491 Å². The number of aromatic nitrogens is 13. The lowest BCUT2D eigenvalue weighted by atomic mass is 10.1. The number of thiophene rings is 1. The molecule has 31 aromatic rings. The molecule has 13 nitrogen and oxygen atoms in total. The summed E-state index contributed by atoms with van der Waals surface area (Å²) >= 11 is 1.82. The molecule has 10 aromatic heterocycles. The van der Waals surface area contributed by atoms with Crippen LogP contribution in [0.3, 0.4) is 0 Å². The Balaban J connectivity index is 0.000000136. The maximum absolute atomic E-state index is 5.06. The molecule has 146 heavy (non-hydrogen) atoms. The lowest BCUT2D eigenvalue weighted by Gasteiger charge is -2.12. The minimum Gasteiger partial charge on any atom is -0.309 e. The van der Waals surface area contributed by atoms with Crippen molar-refractivity contribution in [2.45, 2.75) is 0 Å². The molecule has 0 spiro atoms. The molecule has 0 amide bonds. The van der Waals surface area contributed by atoms with Crippen LogP contribution in [-0.4, -0.2) is 61.9 Å². The molecule has 10 heterocycles. The van der Waals surface area contributed by atoms with Crippen LogP contribution < -0.4 is 0 Å². The van der Waals surface area contributed by atoms with E-state index in [0.717, 1.165) is 101 Å². The van der Waals surface area contributed by atoms with E-state index in [2.05, 4.69) is 402 Å². The zero-order chi connectivity index (χ0) is 95.7. The van der Waals surface area contributed by atoms with E-state index in [1.165, 1.54) is 145 Å². The third-order valence-electron chi connectivity index (χ3n) is 29.5. The van der Waals surface area contributed by atoms with Crippen LogP contribution >= 0.6 is 11.3 Å². The fraction of sp³-hybridized carbons (Fsp3) is 0. The summed E-state index contributed by atoms with van der Waals surface area (Å²) in [5.41, 5.74) is 29.8. The minimum atomic E-state index is 0.627. The van der Waals surface area contributed by atoms with Crippen molar-refractivity contribution in [3.05, 3.63) is 491 Å². The van der Waals surface area contributed by atoms with Crippen molar-refractivity contribution < 1.29 is 0 Å². The van der Waals surface area contributed by atoms with Crippen molar-refractivity contribution in [1.82, 2.24) is 61.9 Å². The first-order valence-electron chi connectivity index (χ1n) is 49.4. The summed E-state index contributed by atoms with van der Waals surface area (Å²) in [7, 11) is 0. The van der Waals surface area contributed by atoms with E-state index in [1.54, 1.807) is 0 Å². The van der Waals surface area contributed by atoms with Crippen LogP contribution in [0.25, 0.3) is 281 Å². The Kier molecular flexibility index (Phi) is 18.6. The highest BCUT2D eigenvalue weighted by Gasteiger charge is 2.27. The van der Waals surface area contributed by atoms with Crippen molar-refractivity contribution >= 4 is 184 Å². The molecule has 14 heteroatoms. The Morgan fingerprint density at radius 1 is 0.116 bits per heavy atom. The molecule has 0 unspecified atom stereocenters. The Morgan fingerprint density at radius 3 is 0.541 bits per heavy atom. The highest BCUT2D eigenvalue weighted by Crippen LogP contribution is 2.47. The molecule has 0 aliphatic heterocycles. The third-order valence-corrected chi connectivity index (χ3v) is 30.6. The summed E-state index contributed by atoms with van der Waals surface area (Å²) in [6, 6.07) is 176. The van der Waals surface area contributed by atoms with Gasteiger partial charge in [-0.1, -0.05) is 285 Å². The predicted molar refractivity (Wildman–Crippen MR) is 606 cm³/mol. The van der Waals surface area contributed by atoms with Gasteiger partial charge in [0.2, 0.25) is 0 Å². The fourth-order valence-corrected chi connectivity index (χ4v) is 24.0. The first-order chi connectivity index (χ1) is 72.4. The van der Waals surface area contributed by atoms with Crippen LogP contribution in [0.5, 0.6) is 0 Å². The number of hydrogen-bond acceptors (Lipinski definition) is 7. The van der Waals surface area contributed by atoms with E-state index in [4.69, 9.17) is 29.9 Å². The van der Waals surface area contributed by atoms with Gasteiger partial charge in [0.05, 0.1) is 77.2 Å². The van der Waals surface area contributed by atoms with Crippen LogP contribution in [-0.2, 0) is 0 Å². The molecule has 31 rings (SSSR count). The molecule has 0 fully saturated rings. The normalized spacial score (nSPS) is 12.0. The molecule has 0 saturated heterocycles. The largest absolute Gasteiger partial charge is 0.309 e. The van der Waals surface area contributed by atoms with Gasteiger partial charge in [-0.05, 0) is 206 Å². The molecule has 0 atom stereocenters. The highest BCUT2D eigenvalue weighted by molar-refractivity contribution is 7.25. The number of para-hydroxylation sites is 9. The summed E-state index contributed by atoms with van der Waals surface area (Å²) in [4.78, 5) is 30.0. The predicted octanol–water partition coefficient (Wildman–Crippen LogP) is 33.8. The van der Waals surface area contributed by atoms with Crippen molar-refractivity contribution in [1.29, 1.82) is 0 Å². The van der Waals surface area contributed by atoms with Gasteiger partial charge in [-0.2, -0.15) is 0 Å². The first-order valence-corrected chi connectivity index (χ1v) is 50.2. The Bertz CT molecular complexity index is 10400. The van der Waals surface area contributed by atoms with Gasteiger partial charge < -0.3 is 32.0 Å². The molecule has 680 valence electrons. The number of rotatable bonds is 13. The summed E-state index contributed by atoms with van der Waals surface area (Å²) in [6.07, 6.45) is 0. The number of fused-ring (bicyclic) bond motifs is 24. The second-order valence-corrected chi connectivity index (χ2v) is 38.7. The zero-order valence-electron chi connectivity index (χ0n) is 78.5. The molecule has 21 aromatic carbocycles. The second-order valence-electron chi connectivity index (χ2n) is 37.6. The molecule has 0 aliphatic rings. The van der Waals surface area contributed by atoms with E-state index >= 15 is 0 Å². The Morgan fingerprint density at radius 2 is 0.281 bits per heavy atom. The van der Waals surface area contributed by atoms with E-state index in [1.807, 2.05) is 133 Å². The lowest BCUT2D eigenvalue weighted by Crippen LogP contribution is -2.00. The average Bonchev–Trinajstić information content (AvgIpc) is 1.56. The fourth-order valence-electron chi connectivity index (χ4n) is 23.0. The maximum Gasteiger partial charge on any atom is 0.164 e. The van der Waals surface area contributed by atoms with Crippen molar-refractivity contribution in [3.8, 4) is 108 Å². The smallest absolute Gasteiger partial charge is 0.164 e. The van der Waals surface area contributed by atoms with E-state index in [0.29, 0.717) is 34.9 Å². The first kappa shape index (κ1) is 82.4. The van der Waals surface area contributed by atoms with E-state index < -0.39 is 0 Å². The molecule has 0 radical (unpaired) electrons. The molecular weight excluding hydrogens is 1800 g/mol. The minimum absolute atomic E-state index is 0.627. The quantitative estimate of drug-likeness (QED) is 0.114. The zero-order valence-corrected chi connectivity index (χ0v) is 79.3. The van der Waals surface area contributed by atoms with Crippen molar-refractivity contribution in [2.24, 2.45) is 0 Å². The Hall–Kier alpha value is -19.5. The van der Waals surface area contributed by atoms with Crippen LogP contribution in [0.4, 0.5) is 0 Å². The van der Waals surface area contributed by atoms with Gasteiger partial charge >= 0.3 is 0 Å². The van der Waals surface area contributed by atoms with E-state index in [-0.39, 0.29) is 0 Å². The molecule has 0 N–H and O–H groups in total. The monoisotopic (exact) mass is 1880 g/mol. The summed E-state index contributed by atoms with van der Waals surface area (Å²) in [5.74, 6) is 3.86. The lowest BCUT2D eigenvalue weighted by molar-refractivity contribution is 1.07. The second kappa shape index (κ2) is 33.1. The van der Waals surface area contributed by atoms with Crippen molar-refractivity contribution in [2.75, 3.05) is 0 Å². The van der Waals surface area contributed by atoms with Gasteiger partial charge in [-0.15, -0.1) is 11.3 Å². The van der Waals surface area contributed by atoms with Gasteiger partial charge in [0.15, 0.2) is 34.9 Å². The van der Waals surface area contributed by atoms with Gasteiger partial charge in [-0.3, -0.25) is 0 Å². The van der Waals surface area contributed by atoms with Crippen LogP contribution in [0.2, 0.25) is 0 Å². The number of hydrogen-bond donors (Lipinski definition) is 0. The van der Waals surface area contributed by atoms with Crippen molar-refractivity contribution in [3.63, 3.8) is 0 Å². The Labute approximate surface area is 839 Å². The standard InChI is InChI=1S/C69H43N7.C63H38N6S/c1-3-17-44(18-4-1)67-70-68(45-19-5-2-6-20-45)72-69(71-67)46-31-33-47(34-32-46)73-63-30-16-11-25-55(63)56-41-48(35-38-64(56)73)76-65-39-36-49(74-59-26-12-7-21-51(59)52-22-8-13-27-60(52)74)42-57(65)58-43-50(37-40-66(58)76)75-61-28-14-9-23-53(61)54-24-10-15-29-62(54)75;1-3-15-39(16-4-1)61-64-62(40-17-5-2-6-18-40)66-63(65-61)41-27-33-59-51(35-41)52-38-44(30-34-60(52)70-59)69-56-26-14-10-22-48(56)50-37-43(29-32-58(50)69)68-55-25-13-9-21-47(55)49-36-42(28-31-57(49)68)67-53-23-11-7-19-45(53)46-20-8-12-24-54(46)67/h1-43H;1-38H.